The van der Waals surface area contributed by atoms with Gasteiger partial charge >= 0.3 is 0 Å². The van der Waals surface area contributed by atoms with Crippen LogP contribution in [0.2, 0.25) is 0 Å². The smallest absolute Gasteiger partial charge is 0.146 e. The van der Waals surface area contributed by atoms with E-state index in [-0.39, 0.29) is 0 Å². The third-order valence-corrected chi connectivity index (χ3v) is 3.18. The predicted octanol–water partition coefficient (Wildman–Crippen LogP) is 1.99. The summed E-state index contributed by atoms with van der Waals surface area (Å²) in [5.74, 6) is 0.576. The zero-order valence-corrected chi connectivity index (χ0v) is 9.74. The Bertz CT molecular complexity index is 352. The molecule has 0 aliphatic heterocycles. The van der Waals surface area contributed by atoms with Crippen LogP contribution in [-0.4, -0.2) is 20.5 Å². The molecular formula is C13H19NO2. The summed E-state index contributed by atoms with van der Waals surface area (Å²) in [6.45, 7) is 1.15. The van der Waals surface area contributed by atoms with E-state index < -0.39 is 0 Å². The van der Waals surface area contributed by atoms with Crippen LogP contribution in [0.4, 0.5) is 5.69 Å². The second-order valence-electron chi connectivity index (χ2n) is 4.37. The van der Waals surface area contributed by atoms with Crippen LogP contribution in [0.3, 0.4) is 0 Å². The average molecular weight is 221 g/mol. The molecule has 0 bridgehead atoms. The second-order valence-corrected chi connectivity index (χ2v) is 4.37. The van der Waals surface area contributed by atoms with E-state index in [2.05, 4.69) is 6.07 Å². The van der Waals surface area contributed by atoms with Crippen LogP contribution in [0.5, 0.6) is 0 Å². The summed E-state index contributed by atoms with van der Waals surface area (Å²) in [6, 6.07) is 6.20. The van der Waals surface area contributed by atoms with Crippen molar-refractivity contribution in [3.05, 3.63) is 29.3 Å². The van der Waals surface area contributed by atoms with Crippen molar-refractivity contribution in [2.45, 2.75) is 19.3 Å². The van der Waals surface area contributed by atoms with Gasteiger partial charge in [-0.3, -0.25) is 0 Å². The molecular weight excluding hydrogens is 202 g/mol. The molecule has 0 saturated heterocycles. The summed E-state index contributed by atoms with van der Waals surface area (Å²) in [5, 5.41) is 0. The van der Waals surface area contributed by atoms with E-state index in [0.717, 1.165) is 25.1 Å². The maximum Gasteiger partial charge on any atom is 0.146 e. The van der Waals surface area contributed by atoms with Crippen molar-refractivity contribution in [2.24, 2.45) is 5.92 Å². The fourth-order valence-corrected chi connectivity index (χ4v) is 2.33. The summed E-state index contributed by atoms with van der Waals surface area (Å²) in [5.41, 5.74) is 9.64. The van der Waals surface area contributed by atoms with Crippen LogP contribution >= 0.6 is 0 Å². The Labute approximate surface area is 96.5 Å². The summed E-state index contributed by atoms with van der Waals surface area (Å²) >= 11 is 0. The van der Waals surface area contributed by atoms with Gasteiger partial charge in [0.15, 0.2) is 0 Å². The number of nitrogens with two attached hydrogens (primary N) is 1. The van der Waals surface area contributed by atoms with E-state index in [1.54, 1.807) is 7.11 Å². The first-order valence-electron chi connectivity index (χ1n) is 5.74. The number of rotatable bonds is 4. The lowest BCUT2D eigenvalue weighted by Crippen LogP contribution is -2.20. The lowest BCUT2D eigenvalue weighted by molar-refractivity contribution is -0.0446. The van der Waals surface area contributed by atoms with E-state index in [4.69, 9.17) is 15.2 Å². The fraction of sp³-hybridized carbons (Fsp3) is 0.538. The Hall–Kier alpha value is -1.06. The number of hydrogen-bond acceptors (Lipinski definition) is 3. The average Bonchev–Trinajstić information content (AvgIpc) is 2.30. The van der Waals surface area contributed by atoms with Crippen LogP contribution in [0.1, 0.15) is 17.5 Å². The number of fused-ring (bicyclic) bond motifs is 1. The van der Waals surface area contributed by atoms with Gasteiger partial charge in [0.05, 0.1) is 6.61 Å². The van der Waals surface area contributed by atoms with Crippen LogP contribution in [0, 0.1) is 5.92 Å². The van der Waals surface area contributed by atoms with Crippen molar-refractivity contribution in [1.82, 2.24) is 0 Å². The molecule has 1 aromatic rings. The zero-order chi connectivity index (χ0) is 11.4. The highest BCUT2D eigenvalue weighted by Crippen LogP contribution is 2.29. The molecule has 1 aliphatic rings. The Morgan fingerprint density at radius 2 is 2.31 bits per heavy atom. The van der Waals surface area contributed by atoms with Gasteiger partial charge in [0.25, 0.3) is 0 Å². The molecule has 88 valence electrons. The molecule has 1 unspecified atom stereocenters. The number of hydrogen-bond donors (Lipinski definition) is 1. The van der Waals surface area contributed by atoms with E-state index in [0.29, 0.717) is 12.7 Å². The first-order chi connectivity index (χ1) is 7.81. The molecule has 1 aromatic carbocycles. The number of benzene rings is 1. The van der Waals surface area contributed by atoms with Crippen molar-refractivity contribution in [1.29, 1.82) is 0 Å². The Balaban J connectivity index is 1.97. The zero-order valence-electron chi connectivity index (χ0n) is 9.74. The molecule has 2 rings (SSSR count). The van der Waals surface area contributed by atoms with Gasteiger partial charge in [0.2, 0.25) is 0 Å². The quantitative estimate of drug-likeness (QED) is 0.480. The summed E-state index contributed by atoms with van der Waals surface area (Å²) in [7, 11) is 1.65. The predicted molar refractivity (Wildman–Crippen MR) is 64.2 cm³/mol. The van der Waals surface area contributed by atoms with Gasteiger partial charge in [0.1, 0.15) is 6.79 Å². The van der Waals surface area contributed by atoms with E-state index in [1.165, 1.54) is 17.5 Å². The van der Waals surface area contributed by atoms with E-state index in [1.807, 2.05) is 12.1 Å². The largest absolute Gasteiger partial charge is 0.398 e. The van der Waals surface area contributed by atoms with Crippen molar-refractivity contribution < 1.29 is 9.47 Å². The Kier molecular flexibility index (Phi) is 3.80. The Morgan fingerprint density at radius 1 is 1.44 bits per heavy atom. The minimum Gasteiger partial charge on any atom is -0.398 e. The van der Waals surface area contributed by atoms with Gasteiger partial charge in [-0.1, -0.05) is 12.1 Å². The van der Waals surface area contributed by atoms with Crippen LogP contribution in [-0.2, 0) is 22.3 Å². The van der Waals surface area contributed by atoms with Gasteiger partial charge in [-0.15, -0.1) is 0 Å². The molecule has 2 N–H and O–H groups in total. The minimum absolute atomic E-state index is 0.383. The molecule has 1 aliphatic carbocycles. The van der Waals surface area contributed by atoms with Gasteiger partial charge < -0.3 is 15.2 Å². The molecule has 1 atom stereocenters. The number of anilines is 1. The number of methoxy groups -OCH3 is 1. The maximum atomic E-state index is 5.99. The van der Waals surface area contributed by atoms with Crippen molar-refractivity contribution in [3.8, 4) is 0 Å². The normalized spacial score (nSPS) is 19.4. The summed E-state index contributed by atoms with van der Waals surface area (Å²) in [6.07, 6.45) is 3.33. The standard InChI is InChI=1S/C13H19NO2/c1-15-9-16-8-10-5-6-11-3-2-4-13(14)12(11)7-10/h2-4,10H,5-9,14H2,1H3. The third-order valence-electron chi connectivity index (χ3n) is 3.18. The minimum atomic E-state index is 0.383. The number of nitrogen functional groups attached to an aromatic ring is 1. The highest BCUT2D eigenvalue weighted by molar-refractivity contribution is 5.52. The third kappa shape index (κ3) is 2.54. The van der Waals surface area contributed by atoms with Gasteiger partial charge in [-0.05, 0) is 42.4 Å². The first kappa shape index (κ1) is 11.4. The fourth-order valence-electron chi connectivity index (χ4n) is 2.33. The number of ether oxygens (including phenoxy) is 2. The van der Waals surface area contributed by atoms with Crippen molar-refractivity contribution in [2.75, 3.05) is 26.2 Å². The SMILES string of the molecule is COCOCC1CCc2cccc(N)c2C1. The lowest BCUT2D eigenvalue weighted by atomic mass is 9.83. The molecule has 0 radical (unpaired) electrons. The lowest BCUT2D eigenvalue weighted by Gasteiger charge is -2.25. The molecule has 3 heteroatoms. The molecule has 0 spiro atoms. The van der Waals surface area contributed by atoms with E-state index >= 15 is 0 Å². The molecule has 0 aromatic heterocycles. The topological polar surface area (TPSA) is 44.5 Å². The molecule has 0 fully saturated rings. The molecule has 3 nitrogen and oxygen atoms in total. The van der Waals surface area contributed by atoms with Crippen molar-refractivity contribution in [3.63, 3.8) is 0 Å². The molecule has 0 heterocycles. The Morgan fingerprint density at radius 3 is 3.12 bits per heavy atom. The van der Waals surface area contributed by atoms with Crippen LogP contribution in [0.15, 0.2) is 18.2 Å². The first-order valence-corrected chi connectivity index (χ1v) is 5.74. The molecule has 0 amide bonds. The van der Waals surface area contributed by atoms with Crippen LogP contribution in [0.25, 0.3) is 0 Å². The summed E-state index contributed by atoms with van der Waals surface area (Å²) in [4.78, 5) is 0. The highest BCUT2D eigenvalue weighted by Gasteiger charge is 2.20. The van der Waals surface area contributed by atoms with Gasteiger partial charge in [0, 0.05) is 12.8 Å². The molecule has 16 heavy (non-hydrogen) atoms. The number of aryl methyl sites for hydroxylation is 1. The molecule has 0 saturated carbocycles. The maximum absolute atomic E-state index is 5.99. The van der Waals surface area contributed by atoms with Gasteiger partial charge in [-0.25, -0.2) is 0 Å². The van der Waals surface area contributed by atoms with E-state index in [9.17, 15) is 0 Å². The summed E-state index contributed by atoms with van der Waals surface area (Å²) < 4.78 is 10.3. The van der Waals surface area contributed by atoms with Gasteiger partial charge in [-0.2, -0.15) is 0 Å². The van der Waals surface area contributed by atoms with Crippen molar-refractivity contribution >= 4 is 5.69 Å². The highest BCUT2D eigenvalue weighted by atomic mass is 16.7. The van der Waals surface area contributed by atoms with Crippen LogP contribution < -0.4 is 5.73 Å². The monoisotopic (exact) mass is 221 g/mol. The second kappa shape index (κ2) is 5.32.